The quantitative estimate of drug-likeness (QED) is 0.619. The average Bonchev–Trinajstić information content (AvgIpc) is 2.32. The molecule has 88 valence electrons. The zero-order valence-electron chi connectivity index (χ0n) is 8.49. The van der Waals surface area contributed by atoms with E-state index in [-0.39, 0.29) is 11.5 Å². The van der Waals surface area contributed by atoms with Gasteiger partial charge in [-0.2, -0.15) is 0 Å². The molecule has 5 heteroatoms. The summed E-state index contributed by atoms with van der Waals surface area (Å²) in [5.41, 5.74) is 0.153. The second kappa shape index (κ2) is 4.75. The van der Waals surface area contributed by atoms with Gasteiger partial charge in [0.15, 0.2) is 11.6 Å². The zero-order chi connectivity index (χ0) is 11.7. The van der Waals surface area contributed by atoms with Gasteiger partial charge in [0, 0.05) is 0 Å². The van der Waals surface area contributed by atoms with Crippen molar-refractivity contribution >= 4 is 15.9 Å². The van der Waals surface area contributed by atoms with Crippen molar-refractivity contribution in [1.29, 1.82) is 0 Å². The predicted molar refractivity (Wildman–Crippen MR) is 58.9 cm³/mol. The summed E-state index contributed by atoms with van der Waals surface area (Å²) in [4.78, 5) is 0. The minimum atomic E-state index is -1.13. The van der Waals surface area contributed by atoms with Crippen LogP contribution in [0.1, 0.15) is 24.3 Å². The molecule has 2 rings (SSSR count). The van der Waals surface area contributed by atoms with Crippen molar-refractivity contribution in [2.24, 2.45) is 0 Å². The van der Waals surface area contributed by atoms with Crippen molar-refractivity contribution in [3.8, 4) is 0 Å². The first-order valence-electron chi connectivity index (χ1n) is 5.15. The highest BCUT2D eigenvalue weighted by molar-refractivity contribution is 9.10. The molecular weight excluding hydrogens is 283 g/mol. The molecule has 0 amide bonds. The molecule has 1 fully saturated rings. The van der Waals surface area contributed by atoms with Crippen LogP contribution in [-0.2, 0) is 0 Å². The zero-order valence-corrected chi connectivity index (χ0v) is 10.1. The molecular formula is C11H11BrF3N. The number of halogens is 4. The summed E-state index contributed by atoms with van der Waals surface area (Å²) in [6.45, 7) is 1.51. The van der Waals surface area contributed by atoms with Crippen LogP contribution in [0.2, 0.25) is 0 Å². The molecule has 0 radical (unpaired) electrons. The molecule has 0 spiro atoms. The van der Waals surface area contributed by atoms with Crippen LogP contribution in [0.15, 0.2) is 10.5 Å². The van der Waals surface area contributed by atoms with E-state index >= 15 is 0 Å². The van der Waals surface area contributed by atoms with E-state index in [0.717, 1.165) is 19.2 Å². The van der Waals surface area contributed by atoms with Gasteiger partial charge in [0.05, 0.1) is 4.47 Å². The molecule has 0 aromatic heterocycles. The van der Waals surface area contributed by atoms with Crippen molar-refractivity contribution in [2.45, 2.75) is 18.8 Å². The Balaban J connectivity index is 2.40. The molecule has 1 aromatic rings. The fourth-order valence-electron chi connectivity index (χ4n) is 2.02. The van der Waals surface area contributed by atoms with Crippen LogP contribution in [0.3, 0.4) is 0 Å². The molecule has 16 heavy (non-hydrogen) atoms. The molecule has 1 heterocycles. The standard InChI is InChI=1S/C11H11BrF3N/c12-9-8(13)5-7(10(14)11(9)15)6-1-3-16-4-2-6/h5-6,16H,1-4H2. The van der Waals surface area contributed by atoms with Gasteiger partial charge >= 0.3 is 0 Å². The Labute approximate surface area is 100 Å². The van der Waals surface area contributed by atoms with Gasteiger partial charge in [-0.1, -0.05) is 0 Å². The minimum absolute atomic E-state index is 0.0988. The summed E-state index contributed by atoms with van der Waals surface area (Å²) in [6.07, 6.45) is 1.41. The maximum absolute atomic E-state index is 13.6. The lowest BCUT2D eigenvalue weighted by Crippen LogP contribution is -2.27. The molecule has 0 unspecified atom stereocenters. The Kier molecular flexibility index (Phi) is 3.54. The van der Waals surface area contributed by atoms with Gasteiger partial charge in [0.1, 0.15) is 5.82 Å². The van der Waals surface area contributed by atoms with Gasteiger partial charge in [-0.3, -0.25) is 0 Å². The number of hydrogen-bond acceptors (Lipinski definition) is 1. The second-order valence-electron chi connectivity index (χ2n) is 3.91. The van der Waals surface area contributed by atoms with Crippen LogP contribution in [-0.4, -0.2) is 13.1 Å². The largest absolute Gasteiger partial charge is 0.317 e. The smallest absolute Gasteiger partial charge is 0.176 e. The fourth-order valence-corrected chi connectivity index (χ4v) is 2.31. The van der Waals surface area contributed by atoms with E-state index in [1.165, 1.54) is 0 Å². The highest BCUT2D eigenvalue weighted by atomic mass is 79.9. The maximum Gasteiger partial charge on any atom is 0.176 e. The monoisotopic (exact) mass is 293 g/mol. The molecule has 1 aliphatic rings. The van der Waals surface area contributed by atoms with E-state index in [1.54, 1.807) is 0 Å². The van der Waals surface area contributed by atoms with Crippen molar-refractivity contribution in [3.63, 3.8) is 0 Å². The molecule has 1 N–H and O–H groups in total. The fraction of sp³-hybridized carbons (Fsp3) is 0.455. The summed E-state index contributed by atoms with van der Waals surface area (Å²) in [7, 11) is 0. The summed E-state index contributed by atoms with van der Waals surface area (Å²) in [5, 5.41) is 3.13. The third-order valence-electron chi connectivity index (χ3n) is 2.91. The van der Waals surface area contributed by atoms with E-state index in [1.807, 2.05) is 0 Å². The lowest BCUT2D eigenvalue weighted by atomic mass is 9.90. The topological polar surface area (TPSA) is 12.0 Å². The Hall–Kier alpha value is -0.550. The van der Waals surface area contributed by atoms with E-state index in [4.69, 9.17) is 0 Å². The van der Waals surface area contributed by atoms with Crippen molar-refractivity contribution in [3.05, 3.63) is 33.6 Å². The molecule has 1 aromatic carbocycles. The van der Waals surface area contributed by atoms with Gasteiger partial charge < -0.3 is 5.32 Å². The highest BCUT2D eigenvalue weighted by Crippen LogP contribution is 2.32. The molecule has 0 aliphatic carbocycles. The first-order valence-corrected chi connectivity index (χ1v) is 5.94. The molecule has 1 saturated heterocycles. The van der Waals surface area contributed by atoms with E-state index in [0.29, 0.717) is 12.8 Å². The SMILES string of the molecule is Fc1cc(C2CCNCC2)c(F)c(F)c1Br. The summed E-state index contributed by atoms with van der Waals surface area (Å²) >= 11 is 2.69. The van der Waals surface area contributed by atoms with Gasteiger partial charge in [0.25, 0.3) is 0 Å². The Bertz CT molecular complexity index is 403. The summed E-state index contributed by atoms with van der Waals surface area (Å²) in [6, 6.07) is 1.10. The van der Waals surface area contributed by atoms with Crippen molar-refractivity contribution < 1.29 is 13.2 Å². The normalized spacial score (nSPS) is 17.8. The Morgan fingerprint density at radius 3 is 2.38 bits per heavy atom. The Morgan fingerprint density at radius 1 is 1.12 bits per heavy atom. The van der Waals surface area contributed by atoms with Crippen LogP contribution in [0.4, 0.5) is 13.2 Å². The minimum Gasteiger partial charge on any atom is -0.317 e. The highest BCUT2D eigenvalue weighted by Gasteiger charge is 2.24. The second-order valence-corrected chi connectivity index (χ2v) is 4.71. The predicted octanol–water partition coefficient (Wildman–Crippen LogP) is 3.33. The number of rotatable bonds is 1. The molecule has 0 bridgehead atoms. The van der Waals surface area contributed by atoms with Crippen LogP contribution in [0.5, 0.6) is 0 Å². The van der Waals surface area contributed by atoms with Crippen LogP contribution in [0, 0.1) is 17.5 Å². The molecule has 0 atom stereocenters. The average molecular weight is 294 g/mol. The number of benzene rings is 1. The van der Waals surface area contributed by atoms with E-state index in [2.05, 4.69) is 21.2 Å². The van der Waals surface area contributed by atoms with Gasteiger partial charge in [-0.25, -0.2) is 13.2 Å². The van der Waals surface area contributed by atoms with Crippen LogP contribution < -0.4 is 5.32 Å². The number of nitrogens with one attached hydrogen (secondary N) is 1. The van der Waals surface area contributed by atoms with Crippen molar-refractivity contribution in [2.75, 3.05) is 13.1 Å². The lowest BCUT2D eigenvalue weighted by molar-refractivity contribution is 0.421. The van der Waals surface area contributed by atoms with Crippen LogP contribution >= 0.6 is 15.9 Å². The van der Waals surface area contributed by atoms with E-state index < -0.39 is 21.9 Å². The molecule has 1 aliphatic heterocycles. The van der Waals surface area contributed by atoms with Gasteiger partial charge in [0.2, 0.25) is 0 Å². The first-order chi connectivity index (χ1) is 7.61. The summed E-state index contributed by atoms with van der Waals surface area (Å²) < 4.78 is 39.8. The lowest BCUT2D eigenvalue weighted by Gasteiger charge is -2.23. The van der Waals surface area contributed by atoms with E-state index in [9.17, 15) is 13.2 Å². The number of piperidine rings is 1. The van der Waals surface area contributed by atoms with Crippen molar-refractivity contribution in [1.82, 2.24) is 5.32 Å². The third kappa shape index (κ3) is 2.11. The van der Waals surface area contributed by atoms with Gasteiger partial charge in [-0.15, -0.1) is 0 Å². The van der Waals surface area contributed by atoms with Crippen LogP contribution in [0.25, 0.3) is 0 Å². The maximum atomic E-state index is 13.6. The van der Waals surface area contributed by atoms with Gasteiger partial charge in [-0.05, 0) is 59.4 Å². The molecule has 1 nitrogen and oxygen atoms in total. The number of hydrogen-bond donors (Lipinski definition) is 1. The third-order valence-corrected chi connectivity index (χ3v) is 3.64. The first kappa shape index (κ1) is 11.9. The molecule has 0 saturated carbocycles. The Morgan fingerprint density at radius 2 is 1.75 bits per heavy atom. The summed E-state index contributed by atoms with van der Waals surface area (Å²) in [5.74, 6) is -2.90.